The van der Waals surface area contributed by atoms with Crippen molar-refractivity contribution in [3.05, 3.63) is 29.8 Å². The van der Waals surface area contributed by atoms with E-state index in [1.54, 1.807) is 0 Å². The summed E-state index contributed by atoms with van der Waals surface area (Å²) in [7, 11) is -3.38. The van der Waals surface area contributed by atoms with E-state index in [1.165, 1.54) is 24.3 Å². The lowest BCUT2D eigenvalue weighted by Gasteiger charge is -2.03. The molecule has 0 unspecified atom stereocenters. The monoisotopic (exact) mass is 243 g/mol. The first kappa shape index (κ1) is 12.2. The summed E-state index contributed by atoms with van der Waals surface area (Å²) in [5.41, 5.74) is 0.260. The number of hydrogen-bond acceptors (Lipinski definition) is 4. The Balaban J connectivity index is 2.92. The molecule has 6 nitrogen and oxygen atoms in total. The third-order valence-corrected chi connectivity index (χ3v) is 2.25. The number of ketones is 1. The van der Waals surface area contributed by atoms with Crippen molar-refractivity contribution >= 4 is 27.5 Å². The van der Waals surface area contributed by atoms with Crippen LogP contribution in [0.4, 0.5) is 5.69 Å². The van der Waals surface area contributed by atoms with E-state index in [-0.39, 0.29) is 11.3 Å². The van der Waals surface area contributed by atoms with Crippen molar-refractivity contribution < 1.29 is 23.1 Å². The number of sulfonamides is 1. The molecule has 0 aromatic heterocycles. The summed E-state index contributed by atoms with van der Waals surface area (Å²) in [5.74, 6) is -2.59. The molecule has 0 atom stereocenters. The van der Waals surface area contributed by atoms with Crippen LogP contribution in [-0.4, -0.2) is 31.5 Å². The number of carbonyl (C=O) groups is 2. The molecule has 1 aromatic carbocycles. The first-order chi connectivity index (χ1) is 7.29. The highest BCUT2D eigenvalue weighted by atomic mass is 32.2. The van der Waals surface area contributed by atoms with Crippen molar-refractivity contribution in [3.63, 3.8) is 0 Å². The quantitative estimate of drug-likeness (QED) is 0.586. The molecule has 86 valence electrons. The smallest absolute Gasteiger partial charge is 0.377 e. The molecule has 0 bridgehead atoms. The maximum absolute atomic E-state index is 11.0. The lowest BCUT2D eigenvalue weighted by Crippen LogP contribution is -2.13. The van der Waals surface area contributed by atoms with Crippen LogP contribution in [-0.2, 0) is 14.8 Å². The van der Waals surface area contributed by atoms with Crippen LogP contribution in [0.3, 0.4) is 0 Å². The molecule has 0 aliphatic carbocycles. The molecule has 0 aliphatic rings. The van der Waals surface area contributed by atoms with Gasteiger partial charge in [0.05, 0.1) is 6.26 Å². The predicted octanol–water partition coefficient (Wildman–Crippen LogP) is 0.325. The summed E-state index contributed by atoms with van der Waals surface area (Å²) in [5, 5.41) is 8.43. The lowest BCUT2D eigenvalue weighted by molar-refractivity contribution is -0.131. The summed E-state index contributed by atoms with van der Waals surface area (Å²) < 4.78 is 23.9. The van der Waals surface area contributed by atoms with E-state index < -0.39 is 21.8 Å². The van der Waals surface area contributed by atoms with Gasteiger partial charge in [0.2, 0.25) is 10.0 Å². The number of hydrogen-bond donors (Lipinski definition) is 2. The van der Waals surface area contributed by atoms with E-state index in [1.807, 2.05) is 0 Å². The first-order valence-electron chi connectivity index (χ1n) is 4.15. The van der Waals surface area contributed by atoms with Crippen LogP contribution in [0.15, 0.2) is 24.3 Å². The average Bonchev–Trinajstić information content (AvgIpc) is 2.15. The summed E-state index contributed by atoms with van der Waals surface area (Å²) in [6.45, 7) is 0. The van der Waals surface area contributed by atoms with E-state index in [9.17, 15) is 18.0 Å². The number of benzene rings is 1. The standard InChI is InChI=1S/C9H9NO5S/c1-16(14,15)10-7-4-2-6(3-5-7)8(11)9(12)13/h2-5,10H,1H3,(H,12,13). The highest BCUT2D eigenvalue weighted by Gasteiger charge is 2.14. The van der Waals surface area contributed by atoms with Gasteiger partial charge in [0.15, 0.2) is 0 Å². The van der Waals surface area contributed by atoms with Crippen molar-refractivity contribution in [1.29, 1.82) is 0 Å². The van der Waals surface area contributed by atoms with Crippen LogP contribution in [0, 0.1) is 0 Å². The van der Waals surface area contributed by atoms with Crippen LogP contribution < -0.4 is 4.72 Å². The Hall–Kier alpha value is -1.89. The molecule has 2 N–H and O–H groups in total. The molecule has 0 saturated heterocycles. The topological polar surface area (TPSA) is 101 Å². The first-order valence-corrected chi connectivity index (χ1v) is 6.04. The number of nitrogens with one attached hydrogen (secondary N) is 1. The fourth-order valence-corrected chi connectivity index (χ4v) is 1.59. The summed E-state index contributed by atoms with van der Waals surface area (Å²) in [6, 6.07) is 5.11. The number of aliphatic carboxylic acids is 1. The zero-order valence-corrected chi connectivity index (χ0v) is 9.11. The SMILES string of the molecule is CS(=O)(=O)Nc1ccc(C(=O)C(=O)O)cc1. The van der Waals surface area contributed by atoms with Crippen molar-refractivity contribution in [2.24, 2.45) is 0 Å². The molecule has 0 saturated carbocycles. The summed E-state index contributed by atoms with van der Waals surface area (Å²) in [4.78, 5) is 21.4. The van der Waals surface area contributed by atoms with E-state index in [4.69, 9.17) is 5.11 Å². The highest BCUT2D eigenvalue weighted by Crippen LogP contribution is 2.11. The van der Waals surface area contributed by atoms with Gasteiger partial charge in [-0.1, -0.05) is 0 Å². The maximum Gasteiger partial charge on any atom is 0.377 e. The molecule has 1 rings (SSSR count). The molecule has 16 heavy (non-hydrogen) atoms. The Bertz CT molecular complexity index is 517. The fourth-order valence-electron chi connectivity index (χ4n) is 1.03. The lowest BCUT2D eigenvalue weighted by atomic mass is 10.1. The van der Waals surface area contributed by atoms with Crippen LogP contribution in [0.5, 0.6) is 0 Å². The van der Waals surface area contributed by atoms with E-state index in [0.29, 0.717) is 0 Å². The second-order valence-electron chi connectivity index (χ2n) is 3.09. The molecule has 0 fully saturated rings. The molecular formula is C9H9NO5S. The van der Waals surface area contributed by atoms with E-state index in [0.717, 1.165) is 6.26 Å². The Kier molecular flexibility index (Phi) is 3.28. The van der Waals surface area contributed by atoms with Gasteiger partial charge in [-0.25, -0.2) is 13.2 Å². The molecule has 0 amide bonds. The Morgan fingerprint density at radius 2 is 1.69 bits per heavy atom. The zero-order valence-electron chi connectivity index (χ0n) is 8.30. The van der Waals surface area contributed by atoms with Gasteiger partial charge in [-0.05, 0) is 24.3 Å². The minimum atomic E-state index is -3.38. The van der Waals surface area contributed by atoms with Crippen molar-refractivity contribution in [1.82, 2.24) is 0 Å². The molecule has 0 aliphatic heterocycles. The zero-order chi connectivity index (χ0) is 12.3. The number of Topliss-reactive ketones (excluding diaryl/α,β-unsaturated/α-hetero) is 1. The van der Waals surface area contributed by atoms with E-state index >= 15 is 0 Å². The van der Waals surface area contributed by atoms with Crippen LogP contribution in [0.25, 0.3) is 0 Å². The molecule has 7 heteroatoms. The number of carbonyl (C=O) groups excluding carboxylic acids is 1. The average molecular weight is 243 g/mol. The normalized spacial score (nSPS) is 10.8. The summed E-state index contributed by atoms with van der Waals surface area (Å²) >= 11 is 0. The Morgan fingerprint density at radius 1 is 1.19 bits per heavy atom. The van der Waals surface area contributed by atoms with Gasteiger partial charge in [0.1, 0.15) is 0 Å². The fraction of sp³-hybridized carbons (Fsp3) is 0.111. The van der Waals surface area contributed by atoms with Gasteiger partial charge in [-0.3, -0.25) is 9.52 Å². The van der Waals surface area contributed by atoms with Crippen molar-refractivity contribution in [3.8, 4) is 0 Å². The minimum Gasteiger partial charge on any atom is -0.475 e. The van der Waals surface area contributed by atoms with Crippen molar-refractivity contribution in [2.75, 3.05) is 11.0 Å². The number of carboxylic acids is 1. The van der Waals surface area contributed by atoms with Crippen molar-refractivity contribution in [2.45, 2.75) is 0 Å². The maximum atomic E-state index is 11.0. The van der Waals surface area contributed by atoms with Crippen LogP contribution in [0.2, 0.25) is 0 Å². The molecule has 0 heterocycles. The Morgan fingerprint density at radius 3 is 2.06 bits per heavy atom. The molecule has 0 radical (unpaired) electrons. The minimum absolute atomic E-state index is 0.00782. The van der Waals surface area contributed by atoms with Gasteiger partial charge in [-0.15, -0.1) is 0 Å². The van der Waals surface area contributed by atoms with Gasteiger partial charge in [0, 0.05) is 11.3 Å². The molecule has 0 spiro atoms. The highest BCUT2D eigenvalue weighted by molar-refractivity contribution is 7.92. The van der Waals surface area contributed by atoms with Crippen LogP contribution >= 0.6 is 0 Å². The number of rotatable bonds is 4. The largest absolute Gasteiger partial charge is 0.475 e. The van der Waals surface area contributed by atoms with Gasteiger partial charge < -0.3 is 5.11 Å². The third kappa shape index (κ3) is 3.35. The second kappa shape index (κ2) is 4.31. The number of carboxylic acid groups (broad SMARTS) is 1. The molecular weight excluding hydrogens is 234 g/mol. The van der Waals surface area contributed by atoms with Gasteiger partial charge in [-0.2, -0.15) is 0 Å². The predicted molar refractivity (Wildman–Crippen MR) is 56.9 cm³/mol. The van der Waals surface area contributed by atoms with Crippen LogP contribution in [0.1, 0.15) is 10.4 Å². The number of anilines is 1. The third-order valence-electron chi connectivity index (χ3n) is 1.64. The van der Waals surface area contributed by atoms with Gasteiger partial charge in [0.25, 0.3) is 5.78 Å². The second-order valence-corrected chi connectivity index (χ2v) is 4.83. The Labute approximate surface area is 92.0 Å². The van der Waals surface area contributed by atoms with E-state index in [2.05, 4.69) is 4.72 Å². The van der Waals surface area contributed by atoms with Gasteiger partial charge >= 0.3 is 5.97 Å². The molecule has 1 aromatic rings. The summed E-state index contributed by atoms with van der Waals surface area (Å²) in [6.07, 6.45) is 0.989.